The van der Waals surface area contributed by atoms with Gasteiger partial charge in [-0.15, -0.1) is 0 Å². The average molecular weight is 217 g/mol. The molecule has 0 saturated carbocycles. The third-order valence-electron chi connectivity index (χ3n) is 1.72. The van der Waals surface area contributed by atoms with Gasteiger partial charge < -0.3 is 9.47 Å². The highest BCUT2D eigenvalue weighted by molar-refractivity contribution is 5.90. The van der Waals surface area contributed by atoms with E-state index in [9.17, 15) is 13.6 Å². The van der Waals surface area contributed by atoms with Crippen LogP contribution in [0.5, 0.6) is 5.75 Å². The van der Waals surface area contributed by atoms with E-state index in [1.54, 1.807) is 0 Å². The van der Waals surface area contributed by atoms with Gasteiger partial charge in [-0.1, -0.05) is 0 Å². The number of methoxy groups -OCH3 is 2. The maximum absolute atomic E-state index is 12.3. The summed E-state index contributed by atoms with van der Waals surface area (Å²) in [6.07, 6.45) is -1.74. The molecular formula is C9H9F2NO3. The first-order valence-electron chi connectivity index (χ1n) is 4.00. The largest absolute Gasteiger partial charge is 0.494 e. The predicted octanol–water partition coefficient (Wildman–Crippen LogP) is 1.81. The molecule has 82 valence electrons. The van der Waals surface area contributed by atoms with Gasteiger partial charge in [0.2, 0.25) is 0 Å². The second kappa shape index (κ2) is 4.68. The van der Waals surface area contributed by atoms with Gasteiger partial charge in [0.1, 0.15) is 0 Å². The van der Waals surface area contributed by atoms with Crippen LogP contribution >= 0.6 is 0 Å². The fraction of sp³-hybridized carbons (Fsp3) is 0.333. The molecule has 1 rings (SSSR count). The number of ether oxygens (including phenoxy) is 2. The van der Waals surface area contributed by atoms with Gasteiger partial charge in [-0.25, -0.2) is 18.6 Å². The number of pyridine rings is 1. The quantitative estimate of drug-likeness (QED) is 0.724. The lowest BCUT2D eigenvalue weighted by atomic mass is 10.2. The van der Waals surface area contributed by atoms with Crippen molar-refractivity contribution in [2.24, 2.45) is 0 Å². The van der Waals surface area contributed by atoms with Crippen LogP contribution in [0.4, 0.5) is 8.78 Å². The molecule has 0 aliphatic carbocycles. The highest BCUT2D eigenvalue weighted by Gasteiger charge is 2.17. The number of nitrogens with zero attached hydrogens (tertiary/aromatic N) is 1. The molecule has 6 heteroatoms. The summed E-state index contributed by atoms with van der Waals surface area (Å²) < 4.78 is 33.7. The summed E-state index contributed by atoms with van der Waals surface area (Å²) in [4.78, 5) is 14.7. The number of alkyl halides is 2. The monoisotopic (exact) mass is 217 g/mol. The summed E-state index contributed by atoms with van der Waals surface area (Å²) in [5, 5.41) is 0. The smallest absolute Gasteiger partial charge is 0.360 e. The fourth-order valence-corrected chi connectivity index (χ4v) is 0.985. The number of esters is 1. The fourth-order valence-electron chi connectivity index (χ4n) is 0.985. The summed E-state index contributed by atoms with van der Waals surface area (Å²) in [5.74, 6) is -0.757. The number of rotatable bonds is 3. The van der Waals surface area contributed by atoms with Crippen molar-refractivity contribution in [3.63, 3.8) is 0 Å². The summed E-state index contributed by atoms with van der Waals surface area (Å²) >= 11 is 0. The molecule has 0 saturated heterocycles. The van der Waals surface area contributed by atoms with Crippen LogP contribution in [0.1, 0.15) is 22.5 Å². The normalized spacial score (nSPS) is 10.2. The topological polar surface area (TPSA) is 48.4 Å². The summed E-state index contributed by atoms with van der Waals surface area (Å²) in [5.41, 5.74) is -0.427. The van der Waals surface area contributed by atoms with E-state index in [1.165, 1.54) is 14.2 Å². The van der Waals surface area contributed by atoms with Crippen molar-refractivity contribution in [3.05, 3.63) is 23.5 Å². The lowest BCUT2D eigenvalue weighted by Crippen LogP contribution is -2.07. The highest BCUT2D eigenvalue weighted by Crippen LogP contribution is 2.24. The Kier molecular flexibility index (Phi) is 3.54. The minimum Gasteiger partial charge on any atom is -0.494 e. The number of hydrogen-bond donors (Lipinski definition) is 0. The van der Waals surface area contributed by atoms with Crippen LogP contribution in [0.3, 0.4) is 0 Å². The third kappa shape index (κ3) is 2.39. The number of hydrogen-bond acceptors (Lipinski definition) is 4. The Bertz CT molecular complexity index is 368. The molecule has 0 aliphatic heterocycles. The standard InChI is InChI=1S/C9H9F2NO3/c1-14-6-3-5(8(10)11)4-12-7(6)9(13)15-2/h3-4,8H,1-2H3. The summed E-state index contributed by atoms with van der Waals surface area (Å²) in [6.45, 7) is 0. The first-order chi connectivity index (χ1) is 7.10. The Hall–Kier alpha value is -1.72. The summed E-state index contributed by atoms with van der Waals surface area (Å²) in [7, 11) is 2.43. The Labute approximate surface area is 84.8 Å². The van der Waals surface area contributed by atoms with E-state index in [0.717, 1.165) is 12.3 Å². The molecule has 0 aliphatic rings. The first-order valence-corrected chi connectivity index (χ1v) is 4.00. The highest BCUT2D eigenvalue weighted by atomic mass is 19.3. The number of carbonyl (C=O) groups excluding carboxylic acids is 1. The van der Waals surface area contributed by atoms with Gasteiger partial charge in [-0.2, -0.15) is 0 Å². The average Bonchev–Trinajstić information content (AvgIpc) is 2.27. The van der Waals surface area contributed by atoms with Crippen LogP contribution in [-0.2, 0) is 4.74 Å². The zero-order valence-electron chi connectivity index (χ0n) is 8.16. The van der Waals surface area contributed by atoms with Crippen molar-refractivity contribution in [1.82, 2.24) is 4.98 Å². The zero-order valence-corrected chi connectivity index (χ0v) is 8.16. The second-order valence-corrected chi connectivity index (χ2v) is 2.61. The Morgan fingerprint density at radius 3 is 2.60 bits per heavy atom. The lowest BCUT2D eigenvalue weighted by molar-refractivity contribution is 0.0589. The molecule has 0 N–H and O–H groups in total. The maximum atomic E-state index is 12.3. The molecule has 0 atom stereocenters. The van der Waals surface area contributed by atoms with Gasteiger partial charge in [0.15, 0.2) is 11.4 Å². The molecule has 0 unspecified atom stereocenters. The minimum atomic E-state index is -2.65. The van der Waals surface area contributed by atoms with Crippen molar-refractivity contribution in [2.75, 3.05) is 14.2 Å². The molecule has 1 aromatic rings. The van der Waals surface area contributed by atoms with Crippen LogP contribution in [0, 0.1) is 0 Å². The molecule has 0 amide bonds. The van der Waals surface area contributed by atoms with Crippen molar-refractivity contribution in [3.8, 4) is 5.75 Å². The van der Waals surface area contributed by atoms with Crippen molar-refractivity contribution < 1.29 is 23.0 Å². The Morgan fingerprint density at radius 2 is 2.13 bits per heavy atom. The van der Waals surface area contributed by atoms with Gasteiger partial charge in [0.05, 0.1) is 14.2 Å². The molecule has 0 bridgehead atoms. The van der Waals surface area contributed by atoms with Crippen LogP contribution in [0.15, 0.2) is 12.3 Å². The number of halogens is 2. The summed E-state index contributed by atoms with van der Waals surface area (Å²) in [6, 6.07) is 1.06. The van der Waals surface area contributed by atoms with Crippen LogP contribution in [0.2, 0.25) is 0 Å². The lowest BCUT2D eigenvalue weighted by Gasteiger charge is -2.07. The van der Waals surface area contributed by atoms with Crippen LogP contribution in [-0.4, -0.2) is 25.2 Å². The maximum Gasteiger partial charge on any atom is 0.360 e. The van der Waals surface area contributed by atoms with Crippen LogP contribution in [0.25, 0.3) is 0 Å². The first kappa shape index (κ1) is 11.4. The zero-order chi connectivity index (χ0) is 11.4. The molecule has 1 aromatic heterocycles. The second-order valence-electron chi connectivity index (χ2n) is 2.61. The Balaban J connectivity index is 3.15. The van der Waals surface area contributed by atoms with E-state index in [1.807, 2.05) is 0 Å². The molecule has 1 heterocycles. The molecule has 4 nitrogen and oxygen atoms in total. The van der Waals surface area contributed by atoms with E-state index in [2.05, 4.69) is 9.72 Å². The third-order valence-corrected chi connectivity index (χ3v) is 1.72. The van der Waals surface area contributed by atoms with Crippen LogP contribution < -0.4 is 4.74 Å². The SMILES string of the molecule is COC(=O)c1ncc(C(F)F)cc1OC. The van der Waals surface area contributed by atoms with E-state index in [0.29, 0.717) is 0 Å². The van der Waals surface area contributed by atoms with Crippen molar-refractivity contribution in [2.45, 2.75) is 6.43 Å². The van der Waals surface area contributed by atoms with Gasteiger partial charge in [0.25, 0.3) is 6.43 Å². The van der Waals surface area contributed by atoms with Gasteiger partial charge in [-0.3, -0.25) is 0 Å². The number of aromatic nitrogens is 1. The molecule has 15 heavy (non-hydrogen) atoms. The van der Waals surface area contributed by atoms with Crippen molar-refractivity contribution in [1.29, 1.82) is 0 Å². The van der Waals surface area contributed by atoms with Gasteiger partial charge in [-0.05, 0) is 6.07 Å². The van der Waals surface area contributed by atoms with E-state index in [-0.39, 0.29) is 17.0 Å². The van der Waals surface area contributed by atoms with E-state index >= 15 is 0 Å². The number of carbonyl (C=O) groups is 1. The van der Waals surface area contributed by atoms with E-state index < -0.39 is 12.4 Å². The van der Waals surface area contributed by atoms with Gasteiger partial charge in [0, 0.05) is 11.8 Å². The van der Waals surface area contributed by atoms with Gasteiger partial charge >= 0.3 is 5.97 Å². The molecule has 0 radical (unpaired) electrons. The molecule has 0 spiro atoms. The van der Waals surface area contributed by atoms with Crippen molar-refractivity contribution >= 4 is 5.97 Å². The minimum absolute atomic E-state index is 0.0281. The molecule has 0 fully saturated rings. The predicted molar refractivity (Wildman–Crippen MR) is 47.1 cm³/mol. The molecule has 0 aromatic carbocycles. The van der Waals surface area contributed by atoms with E-state index in [4.69, 9.17) is 4.74 Å². The Morgan fingerprint density at radius 1 is 1.47 bits per heavy atom. The molecular weight excluding hydrogens is 208 g/mol.